The molecule has 0 saturated carbocycles. The Morgan fingerprint density at radius 3 is 1.38 bits per heavy atom. The SMILES string of the molecule is O=C(O)c1ccc(CCl)o1.O=C(O)c1ccc(CCl)o1.[Ca+2].[H-].[H-]. The summed E-state index contributed by atoms with van der Waals surface area (Å²) in [6.07, 6.45) is 0. The quantitative estimate of drug-likeness (QED) is 0.639. The first-order valence-corrected chi connectivity index (χ1v) is 6.30. The van der Waals surface area contributed by atoms with Crippen LogP contribution >= 0.6 is 23.2 Å². The van der Waals surface area contributed by atoms with Gasteiger partial charge in [-0.3, -0.25) is 0 Å². The second-order valence-electron chi connectivity index (χ2n) is 3.41. The van der Waals surface area contributed by atoms with Gasteiger partial charge in [0.05, 0.1) is 11.8 Å². The fourth-order valence-corrected chi connectivity index (χ4v) is 1.42. The third-order valence-corrected chi connectivity index (χ3v) is 2.54. The number of carbonyl (C=O) groups is 2. The molecular formula is C12H12CaCl2O6. The van der Waals surface area contributed by atoms with Gasteiger partial charge in [0.1, 0.15) is 11.5 Å². The molecule has 9 heteroatoms. The molecule has 21 heavy (non-hydrogen) atoms. The standard InChI is InChI=1S/2C6H5ClO3.Ca.2H/c2*7-3-4-1-2-5(10-4)6(8)9;;;/h2*1-2H,3H2,(H,8,9);;;/q;;+2;2*-1. The normalized spacial score (nSPS) is 9.24. The molecule has 2 heterocycles. The van der Waals surface area contributed by atoms with E-state index in [0.29, 0.717) is 11.5 Å². The first-order valence-electron chi connectivity index (χ1n) is 5.23. The average Bonchev–Trinajstić information content (AvgIpc) is 3.08. The van der Waals surface area contributed by atoms with Gasteiger partial charge < -0.3 is 21.9 Å². The van der Waals surface area contributed by atoms with E-state index in [0.717, 1.165) is 0 Å². The number of rotatable bonds is 4. The molecule has 0 aromatic carbocycles. The minimum atomic E-state index is -1.07. The van der Waals surface area contributed by atoms with Crippen LogP contribution in [0, 0.1) is 0 Å². The van der Waals surface area contributed by atoms with E-state index in [1.54, 1.807) is 0 Å². The van der Waals surface area contributed by atoms with Crippen molar-refractivity contribution >= 4 is 72.9 Å². The third-order valence-electron chi connectivity index (χ3n) is 2.01. The number of carboxylic acid groups (broad SMARTS) is 2. The van der Waals surface area contributed by atoms with Crippen molar-refractivity contribution in [3.8, 4) is 0 Å². The molecule has 2 aromatic rings. The summed E-state index contributed by atoms with van der Waals surface area (Å²) >= 11 is 10.7. The largest absolute Gasteiger partial charge is 2.00 e. The summed E-state index contributed by atoms with van der Waals surface area (Å²) < 4.78 is 9.53. The monoisotopic (exact) mass is 362 g/mol. The number of hydrogen-bond donors (Lipinski definition) is 2. The van der Waals surface area contributed by atoms with Gasteiger partial charge in [-0.25, -0.2) is 9.59 Å². The Balaban J connectivity index is -0.000000308. The second-order valence-corrected chi connectivity index (χ2v) is 3.94. The molecule has 112 valence electrons. The molecule has 2 rings (SSSR count). The van der Waals surface area contributed by atoms with Crippen molar-refractivity contribution in [3.63, 3.8) is 0 Å². The van der Waals surface area contributed by atoms with Crippen molar-refractivity contribution in [1.29, 1.82) is 0 Å². The maximum atomic E-state index is 10.2. The molecule has 2 aromatic heterocycles. The number of alkyl halides is 2. The van der Waals surface area contributed by atoms with E-state index in [9.17, 15) is 9.59 Å². The van der Waals surface area contributed by atoms with Gasteiger partial charge in [-0.1, -0.05) is 0 Å². The van der Waals surface area contributed by atoms with Gasteiger partial charge in [0.2, 0.25) is 11.5 Å². The molecule has 0 saturated heterocycles. The van der Waals surface area contributed by atoms with Crippen molar-refractivity contribution in [2.45, 2.75) is 11.8 Å². The van der Waals surface area contributed by atoms with Crippen molar-refractivity contribution < 1.29 is 31.5 Å². The molecule has 2 N–H and O–H groups in total. The maximum absolute atomic E-state index is 10.2. The van der Waals surface area contributed by atoms with Gasteiger partial charge in [0, 0.05) is 0 Å². The van der Waals surface area contributed by atoms with Gasteiger partial charge in [-0.05, 0) is 24.3 Å². The van der Waals surface area contributed by atoms with Crippen LogP contribution in [0.1, 0.15) is 35.5 Å². The molecule has 0 atom stereocenters. The van der Waals surface area contributed by atoms with Gasteiger partial charge in [0.25, 0.3) is 0 Å². The van der Waals surface area contributed by atoms with E-state index in [1.807, 2.05) is 0 Å². The van der Waals surface area contributed by atoms with Crippen molar-refractivity contribution in [3.05, 3.63) is 47.3 Å². The van der Waals surface area contributed by atoms with Crippen LogP contribution in [0.4, 0.5) is 0 Å². The summed E-state index contributed by atoms with van der Waals surface area (Å²) in [6, 6.07) is 5.83. The Hall–Kier alpha value is -0.660. The second kappa shape index (κ2) is 10.1. The van der Waals surface area contributed by atoms with Gasteiger partial charge in [-0.2, -0.15) is 0 Å². The summed E-state index contributed by atoms with van der Waals surface area (Å²) in [5.74, 6) is -0.947. The number of hydrogen-bond acceptors (Lipinski definition) is 4. The summed E-state index contributed by atoms with van der Waals surface area (Å²) in [6.45, 7) is 0. The van der Waals surface area contributed by atoms with Crippen molar-refractivity contribution in [2.24, 2.45) is 0 Å². The Labute approximate surface area is 162 Å². The Morgan fingerprint density at radius 1 is 0.905 bits per heavy atom. The molecule has 0 bridgehead atoms. The zero-order valence-electron chi connectivity index (χ0n) is 12.7. The van der Waals surface area contributed by atoms with E-state index < -0.39 is 11.9 Å². The van der Waals surface area contributed by atoms with E-state index in [1.165, 1.54) is 24.3 Å². The zero-order valence-corrected chi connectivity index (χ0v) is 14.4. The molecule has 0 aliphatic heterocycles. The first-order chi connectivity index (χ1) is 9.47. The molecule has 0 unspecified atom stereocenters. The molecule has 0 spiro atoms. The minimum absolute atomic E-state index is 0. The average molecular weight is 363 g/mol. The van der Waals surface area contributed by atoms with Gasteiger partial charge in [-0.15, -0.1) is 23.2 Å². The fraction of sp³-hybridized carbons (Fsp3) is 0.167. The van der Waals surface area contributed by atoms with Crippen molar-refractivity contribution in [1.82, 2.24) is 0 Å². The van der Waals surface area contributed by atoms with Crippen LogP contribution in [0.15, 0.2) is 33.1 Å². The fourth-order valence-electron chi connectivity index (χ4n) is 1.13. The summed E-state index contributed by atoms with van der Waals surface area (Å²) in [7, 11) is 0. The topological polar surface area (TPSA) is 101 Å². The van der Waals surface area contributed by atoms with Crippen LogP contribution in [0.3, 0.4) is 0 Å². The molecule has 6 nitrogen and oxygen atoms in total. The summed E-state index contributed by atoms with van der Waals surface area (Å²) in [5, 5.41) is 16.7. The molecule has 0 aliphatic carbocycles. The smallest absolute Gasteiger partial charge is 1.00 e. The first kappa shape index (κ1) is 20.3. The molecule has 0 amide bonds. The molecule has 0 radical (unpaired) electrons. The Kier molecular flexibility index (Phi) is 9.81. The number of furan rings is 2. The van der Waals surface area contributed by atoms with E-state index in [2.05, 4.69) is 0 Å². The van der Waals surface area contributed by atoms with Crippen LogP contribution in [0.2, 0.25) is 0 Å². The Morgan fingerprint density at radius 2 is 1.24 bits per heavy atom. The Bertz CT molecular complexity index is 550. The zero-order chi connectivity index (χ0) is 15.1. The van der Waals surface area contributed by atoms with E-state index >= 15 is 0 Å². The van der Waals surface area contributed by atoms with Crippen LogP contribution in [-0.2, 0) is 11.8 Å². The van der Waals surface area contributed by atoms with Crippen LogP contribution in [0.25, 0.3) is 0 Å². The number of aromatic carboxylic acids is 2. The van der Waals surface area contributed by atoms with Gasteiger partial charge >= 0.3 is 49.7 Å². The van der Waals surface area contributed by atoms with Crippen LogP contribution < -0.4 is 0 Å². The third kappa shape index (κ3) is 6.75. The summed E-state index contributed by atoms with van der Waals surface area (Å²) in [4.78, 5) is 20.4. The van der Waals surface area contributed by atoms with Crippen molar-refractivity contribution in [2.75, 3.05) is 0 Å². The van der Waals surface area contributed by atoms with E-state index in [4.69, 9.17) is 42.2 Å². The van der Waals surface area contributed by atoms with Crippen LogP contribution in [0.5, 0.6) is 0 Å². The molecule has 0 fully saturated rings. The number of halogens is 2. The van der Waals surface area contributed by atoms with Gasteiger partial charge in [0.15, 0.2) is 0 Å². The van der Waals surface area contributed by atoms with E-state index in [-0.39, 0.29) is 63.9 Å². The predicted molar refractivity (Wildman–Crippen MR) is 78.4 cm³/mol. The predicted octanol–water partition coefficient (Wildman–Crippen LogP) is 3.28. The van der Waals surface area contributed by atoms with Crippen LogP contribution in [-0.4, -0.2) is 59.9 Å². The minimum Gasteiger partial charge on any atom is -1.00 e. The molecular weight excluding hydrogens is 351 g/mol. The summed E-state index contributed by atoms with van der Waals surface area (Å²) in [5.41, 5.74) is 0. The molecule has 0 aliphatic rings. The number of carboxylic acids is 2. The maximum Gasteiger partial charge on any atom is 2.00 e.